The number of carbonyl (C=O) groups excluding carboxylic acids is 6. The number of nitrogens with one attached hydrogen (secondary N) is 4. The lowest BCUT2D eigenvalue weighted by atomic mass is 10.0. The molecule has 1 aromatic rings. The highest BCUT2D eigenvalue weighted by atomic mass is 16.5. The molecular formula is C30H39N5O14. The lowest BCUT2D eigenvalue weighted by Gasteiger charge is -2.28. The van der Waals surface area contributed by atoms with E-state index in [0.29, 0.717) is 22.7 Å². The Bertz CT molecular complexity index is 1400. The first kappa shape index (κ1) is 41.0. The van der Waals surface area contributed by atoms with Crippen molar-refractivity contribution in [3.63, 3.8) is 0 Å². The van der Waals surface area contributed by atoms with Crippen molar-refractivity contribution in [2.45, 2.75) is 64.8 Å². The molecule has 0 heterocycles. The van der Waals surface area contributed by atoms with Crippen molar-refractivity contribution in [3.8, 4) is 0 Å². The largest absolute Gasteiger partial charge is 0.481 e. The van der Waals surface area contributed by atoms with Gasteiger partial charge in [0.05, 0.1) is 13.0 Å². The average molecular weight is 694 g/mol. The summed E-state index contributed by atoms with van der Waals surface area (Å²) in [6.07, 6.45) is -1.96. The van der Waals surface area contributed by atoms with Gasteiger partial charge in [-0.05, 0) is 24.8 Å². The quantitative estimate of drug-likeness (QED) is 0.0537. The lowest BCUT2D eigenvalue weighted by molar-refractivity contribution is -0.148. The van der Waals surface area contributed by atoms with Gasteiger partial charge in [0.25, 0.3) is 11.8 Å². The van der Waals surface area contributed by atoms with E-state index >= 15 is 0 Å². The average Bonchev–Trinajstić information content (AvgIpc) is 3.02. The van der Waals surface area contributed by atoms with Crippen molar-refractivity contribution < 1.29 is 67.9 Å². The lowest BCUT2D eigenvalue weighted by Crippen LogP contribution is -2.60. The zero-order valence-corrected chi connectivity index (χ0v) is 26.9. The molecular weight excluding hydrogens is 654 g/mol. The molecule has 1 aromatic carbocycles. The molecule has 0 aliphatic heterocycles. The second-order valence-corrected chi connectivity index (χ2v) is 10.5. The van der Waals surface area contributed by atoms with E-state index in [1.165, 1.54) is 20.8 Å². The maximum atomic E-state index is 13.3. The van der Waals surface area contributed by atoms with Crippen LogP contribution in [0.25, 0.3) is 0 Å². The number of nitrogens with zero attached hydrogens (tertiary/aromatic N) is 1. The van der Waals surface area contributed by atoms with Gasteiger partial charge >= 0.3 is 30.0 Å². The molecule has 5 amide bonds. The summed E-state index contributed by atoms with van der Waals surface area (Å²) < 4.78 is 9.66. The number of benzene rings is 1. The normalized spacial score (nSPS) is 12.5. The number of hydrogen-bond donors (Lipinski definition) is 7. The van der Waals surface area contributed by atoms with E-state index in [4.69, 9.17) is 4.74 Å². The fraction of sp³-hybridized carbons (Fsp3) is 0.433. The van der Waals surface area contributed by atoms with Crippen molar-refractivity contribution in [2.24, 2.45) is 5.92 Å². The van der Waals surface area contributed by atoms with Gasteiger partial charge in [0, 0.05) is 18.6 Å². The fourth-order valence-corrected chi connectivity index (χ4v) is 3.82. The molecule has 0 aliphatic rings. The highest BCUT2D eigenvalue weighted by Gasteiger charge is 2.33. The Balaban J connectivity index is 3.14. The van der Waals surface area contributed by atoms with Crippen molar-refractivity contribution >= 4 is 53.6 Å². The van der Waals surface area contributed by atoms with Gasteiger partial charge in [0.1, 0.15) is 31.3 Å². The van der Waals surface area contributed by atoms with Crippen LogP contribution in [0.15, 0.2) is 42.5 Å². The first-order valence-electron chi connectivity index (χ1n) is 14.7. The highest BCUT2D eigenvalue weighted by Crippen LogP contribution is 2.08. The smallest absolute Gasteiger partial charge is 0.408 e. The number of alkyl carbamates (subject to hydrolysis) is 1. The predicted octanol–water partition coefficient (Wildman–Crippen LogP) is -0.690. The number of hydrogen-bond acceptors (Lipinski definition) is 11. The number of aliphatic carboxylic acids is 3. The number of carbonyl (C=O) groups is 9. The van der Waals surface area contributed by atoms with Gasteiger partial charge in [0.2, 0.25) is 11.8 Å². The topological polar surface area (TPSA) is 284 Å². The van der Waals surface area contributed by atoms with Crippen molar-refractivity contribution in [1.29, 1.82) is 0 Å². The molecule has 0 fully saturated rings. The summed E-state index contributed by atoms with van der Waals surface area (Å²) >= 11 is 0. The van der Waals surface area contributed by atoms with E-state index in [0.717, 1.165) is 0 Å². The van der Waals surface area contributed by atoms with Crippen LogP contribution in [-0.2, 0) is 54.4 Å². The van der Waals surface area contributed by atoms with Gasteiger partial charge in [-0.2, -0.15) is 0 Å². The summed E-state index contributed by atoms with van der Waals surface area (Å²) in [7, 11) is 0. The molecule has 1 rings (SSSR count). The molecule has 0 unspecified atom stereocenters. The molecule has 19 heteroatoms. The molecule has 0 aromatic heterocycles. The van der Waals surface area contributed by atoms with Crippen LogP contribution in [0, 0.1) is 5.92 Å². The van der Waals surface area contributed by atoms with Crippen molar-refractivity contribution in [2.75, 3.05) is 13.2 Å². The van der Waals surface area contributed by atoms with Crippen LogP contribution in [-0.4, -0.2) is 105 Å². The molecule has 19 nitrogen and oxygen atoms in total. The third kappa shape index (κ3) is 16.4. The molecule has 0 saturated carbocycles. The summed E-state index contributed by atoms with van der Waals surface area (Å²) in [6.45, 7) is 3.17. The summed E-state index contributed by atoms with van der Waals surface area (Å²) in [6, 6.07) is 3.44. The molecule has 0 radical (unpaired) electrons. The number of rotatable bonds is 19. The molecule has 0 aliphatic carbocycles. The SMILES string of the molecule is CCOC(=O)/C=C\C(=O)N(CC(=O)O)NC(=O)[C@@H](NC(=O)[C@H](CCC(=O)O)NC(=O)[C@H](CC(=O)O)NC(=O)OCc1ccccc1)C(C)C. The first-order valence-corrected chi connectivity index (χ1v) is 14.7. The van der Waals surface area contributed by atoms with E-state index in [1.807, 2.05) is 5.43 Å². The van der Waals surface area contributed by atoms with Crippen LogP contribution in [0.1, 0.15) is 45.6 Å². The molecule has 268 valence electrons. The standard InChI is InChI=1S/C30H39N5O14/c1-4-48-25(43)13-11-21(36)35(15-24(41)42)34-29(46)26(17(2)3)33-27(44)19(10-12-22(37)38)31-28(45)20(14-23(39)40)32-30(47)49-16-18-8-6-5-7-9-18/h5-9,11,13,17,19-20,26H,4,10,12,14-16H2,1-3H3,(H,31,45)(H,32,47)(H,33,44)(H,34,46)(H,37,38)(H,39,40)(H,41,42)/b13-11-/t19-,20-,26-/m0/s1. The number of carboxylic acids is 3. The Kier molecular flexibility index (Phi) is 17.6. The van der Waals surface area contributed by atoms with Crippen LogP contribution in [0.4, 0.5) is 4.79 Å². The maximum absolute atomic E-state index is 13.3. The van der Waals surface area contributed by atoms with Gasteiger partial charge in [-0.3, -0.25) is 39.0 Å². The minimum atomic E-state index is -1.77. The Hall–Kier alpha value is -6.01. The second-order valence-electron chi connectivity index (χ2n) is 10.5. The van der Waals surface area contributed by atoms with Crippen LogP contribution in [0.5, 0.6) is 0 Å². The van der Waals surface area contributed by atoms with Gasteiger partial charge in [0.15, 0.2) is 0 Å². The van der Waals surface area contributed by atoms with E-state index in [-0.39, 0.29) is 13.2 Å². The maximum Gasteiger partial charge on any atom is 0.408 e. The van der Waals surface area contributed by atoms with Crippen LogP contribution < -0.4 is 21.4 Å². The number of hydrazine groups is 1. The Labute approximate surface area is 279 Å². The van der Waals surface area contributed by atoms with Crippen molar-refractivity contribution in [1.82, 2.24) is 26.4 Å². The van der Waals surface area contributed by atoms with E-state index in [9.17, 15) is 58.5 Å². The molecule has 0 spiro atoms. The van der Waals surface area contributed by atoms with Crippen LogP contribution in [0.3, 0.4) is 0 Å². The summed E-state index contributed by atoms with van der Waals surface area (Å²) in [5.74, 6) is -10.6. The van der Waals surface area contributed by atoms with Crippen LogP contribution >= 0.6 is 0 Å². The van der Waals surface area contributed by atoms with Gasteiger partial charge in [-0.25, -0.2) is 14.6 Å². The Morgan fingerprint density at radius 1 is 0.776 bits per heavy atom. The summed E-state index contributed by atoms with van der Waals surface area (Å²) in [4.78, 5) is 110. The third-order valence-electron chi connectivity index (χ3n) is 6.18. The molecule has 0 saturated heterocycles. The predicted molar refractivity (Wildman–Crippen MR) is 165 cm³/mol. The summed E-state index contributed by atoms with van der Waals surface area (Å²) in [5, 5.41) is 34.6. The highest BCUT2D eigenvalue weighted by molar-refractivity contribution is 5.98. The zero-order valence-electron chi connectivity index (χ0n) is 26.9. The fourth-order valence-electron chi connectivity index (χ4n) is 3.82. The Morgan fingerprint density at radius 3 is 1.96 bits per heavy atom. The summed E-state index contributed by atoms with van der Waals surface area (Å²) in [5.41, 5.74) is 2.64. The minimum Gasteiger partial charge on any atom is -0.481 e. The number of carboxylic acid groups (broad SMARTS) is 3. The van der Waals surface area contributed by atoms with Gasteiger partial charge in [-0.1, -0.05) is 44.2 Å². The van der Waals surface area contributed by atoms with Gasteiger partial charge in [-0.15, -0.1) is 0 Å². The first-order chi connectivity index (χ1) is 23.0. The number of amides is 5. The van der Waals surface area contributed by atoms with E-state index in [1.54, 1.807) is 30.3 Å². The monoisotopic (exact) mass is 693 g/mol. The zero-order chi connectivity index (χ0) is 37.1. The molecule has 49 heavy (non-hydrogen) atoms. The van der Waals surface area contributed by atoms with E-state index in [2.05, 4.69) is 20.7 Å². The Morgan fingerprint density at radius 2 is 1.41 bits per heavy atom. The van der Waals surface area contributed by atoms with E-state index < -0.39 is 103 Å². The van der Waals surface area contributed by atoms with Crippen molar-refractivity contribution in [3.05, 3.63) is 48.0 Å². The minimum absolute atomic E-state index is 0.00531. The van der Waals surface area contributed by atoms with Gasteiger partial charge < -0.3 is 40.7 Å². The molecule has 3 atom stereocenters. The van der Waals surface area contributed by atoms with Crippen LogP contribution in [0.2, 0.25) is 0 Å². The molecule has 0 bridgehead atoms. The third-order valence-corrected chi connectivity index (χ3v) is 6.18. The number of esters is 1. The molecule has 7 N–H and O–H groups in total. The number of ether oxygens (including phenoxy) is 2. The second kappa shape index (κ2) is 21.0.